The van der Waals surface area contributed by atoms with Gasteiger partial charge in [-0.05, 0) is 128 Å². The number of likely N-dealkylation sites (N-methyl/N-ethyl adjacent to an activating group) is 1. The zero-order valence-corrected chi connectivity index (χ0v) is 34.9. The number of aliphatic hydroxyl groups is 2. The maximum atomic E-state index is 13.8. The molecule has 0 saturated heterocycles. The molecule has 4 aliphatic carbocycles. The van der Waals surface area contributed by atoms with E-state index in [0.717, 1.165) is 40.3 Å². The molecule has 0 aliphatic heterocycles. The van der Waals surface area contributed by atoms with E-state index in [9.17, 15) is 34.2 Å². The van der Waals surface area contributed by atoms with Crippen molar-refractivity contribution in [1.29, 1.82) is 0 Å². The first-order valence-electron chi connectivity index (χ1n) is 21.0. The fourth-order valence-corrected chi connectivity index (χ4v) is 11.1. The fourth-order valence-electron chi connectivity index (χ4n) is 11.1. The summed E-state index contributed by atoms with van der Waals surface area (Å²) in [6.45, 7) is 3.30. The summed E-state index contributed by atoms with van der Waals surface area (Å²) in [7, 11) is 3.67. The van der Waals surface area contributed by atoms with Crippen molar-refractivity contribution >= 4 is 45.9 Å². The topological polar surface area (TPSA) is 160 Å². The first-order valence-corrected chi connectivity index (χ1v) is 21.0. The van der Waals surface area contributed by atoms with Crippen LogP contribution in [0, 0.1) is 28.6 Å². The van der Waals surface area contributed by atoms with Gasteiger partial charge < -0.3 is 25.0 Å². The summed E-state index contributed by atoms with van der Waals surface area (Å²) < 4.78 is 11.0. The third-order valence-electron chi connectivity index (χ3n) is 14.2. The van der Waals surface area contributed by atoms with Gasteiger partial charge in [-0.15, -0.1) is 0 Å². The van der Waals surface area contributed by atoms with Crippen LogP contribution in [0.25, 0.3) is 10.8 Å². The van der Waals surface area contributed by atoms with Crippen molar-refractivity contribution < 1.29 is 43.7 Å². The Bertz CT molecular complexity index is 2460. The highest BCUT2D eigenvalue weighted by atomic mass is 16.5. The highest BCUT2D eigenvalue weighted by Crippen LogP contribution is 2.67. The molecule has 0 heterocycles. The van der Waals surface area contributed by atoms with Gasteiger partial charge in [0.05, 0.1) is 17.2 Å². The number of anilines is 1. The molecule has 3 N–H and O–H groups in total. The molecular formula is C50H52N2O9. The molecular weight excluding hydrogens is 773 g/mol. The molecule has 8 atom stereocenters. The van der Waals surface area contributed by atoms with Gasteiger partial charge in [-0.3, -0.25) is 19.3 Å². The molecule has 0 aromatic heterocycles. The number of ketones is 2. The van der Waals surface area contributed by atoms with E-state index in [4.69, 9.17) is 9.47 Å². The number of nitrogens with zero attached hydrogens (tertiary/aromatic N) is 1. The van der Waals surface area contributed by atoms with Crippen molar-refractivity contribution in [1.82, 2.24) is 4.90 Å². The normalized spacial score (nSPS) is 28.2. The number of benzene rings is 4. The van der Waals surface area contributed by atoms with E-state index in [1.54, 1.807) is 24.3 Å². The smallest absolute Gasteiger partial charge is 0.338 e. The largest absolute Gasteiger partial charge is 0.457 e. The van der Waals surface area contributed by atoms with E-state index in [1.165, 1.54) is 24.3 Å². The quantitative estimate of drug-likeness (QED) is 0.132. The van der Waals surface area contributed by atoms with Crippen LogP contribution in [0.1, 0.15) is 83.8 Å². The zero-order chi connectivity index (χ0) is 43.3. The molecule has 4 aromatic rings. The van der Waals surface area contributed by atoms with Gasteiger partial charge in [0.1, 0.15) is 18.2 Å². The molecule has 4 aromatic carbocycles. The molecule has 3 saturated carbocycles. The molecule has 11 nitrogen and oxygen atoms in total. The molecule has 0 spiro atoms. The summed E-state index contributed by atoms with van der Waals surface area (Å²) in [5.41, 5.74) is 0.395. The number of esters is 2. The summed E-state index contributed by atoms with van der Waals surface area (Å²) in [6, 6.07) is 26.2. The Balaban J connectivity index is 0.837. The second-order valence-corrected chi connectivity index (χ2v) is 17.9. The van der Waals surface area contributed by atoms with Gasteiger partial charge in [0.2, 0.25) is 11.7 Å². The lowest BCUT2D eigenvalue weighted by Crippen LogP contribution is -2.61. The number of nitrogens with one attached hydrogen (secondary N) is 1. The number of ether oxygens (including phenoxy) is 2. The lowest BCUT2D eigenvalue weighted by Gasteiger charge is -2.59. The third kappa shape index (κ3) is 7.64. The Hall–Kier alpha value is -5.75. The summed E-state index contributed by atoms with van der Waals surface area (Å²) in [4.78, 5) is 67.2. The van der Waals surface area contributed by atoms with Crippen LogP contribution in [0.4, 0.5) is 5.69 Å². The number of carbonyl (C=O) groups is 5. The van der Waals surface area contributed by atoms with Gasteiger partial charge in [-0.1, -0.05) is 80.1 Å². The van der Waals surface area contributed by atoms with Crippen LogP contribution in [0.2, 0.25) is 0 Å². The Morgan fingerprint density at radius 1 is 0.869 bits per heavy atom. The summed E-state index contributed by atoms with van der Waals surface area (Å²) in [5.74, 6) is -2.32. The summed E-state index contributed by atoms with van der Waals surface area (Å²) >= 11 is 0. The lowest BCUT2D eigenvalue weighted by molar-refractivity contribution is -0.178. The summed E-state index contributed by atoms with van der Waals surface area (Å²) in [5, 5.41) is 28.8. The van der Waals surface area contributed by atoms with E-state index in [1.807, 2.05) is 86.6 Å². The van der Waals surface area contributed by atoms with Crippen LogP contribution in [0.3, 0.4) is 0 Å². The minimum Gasteiger partial charge on any atom is -0.457 e. The molecule has 3 fully saturated rings. The number of carbonyl (C=O) groups excluding carboxylic acids is 5. The molecule has 0 bridgehead atoms. The standard InChI is InChI=1S/C50H52N2O9/c1-48-23-21-38(53)26-36(48)18-20-39-40-22-24-50(59,49(40,2)27-41(54)43(39)48)42(55)29-61-47(58)34-15-13-33(14-16-34)46(57)60-28-30-9-11-32(12-10-30)44(52(3)4)45(56)51-37-19-17-31-7-5-6-8-35(31)25-37/h5-17,19,21,23,25-26,39-41,43-44,54,59H,18,20,22,24,27-29H2,1-4H3,(H,51,56)/t39-,40-,41-,43+,44?,48-,49-,50-/m0/s1. The first kappa shape index (κ1) is 42.0. The van der Waals surface area contributed by atoms with E-state index in [2.05, 4.69) is 12.2 Å². The number of allylic oxidation sites excluding steroid dienone is 4. The Morgan fingerprint density at radius 3 is 2.23 bits per heavy atom. The SMILES string of the molecule is CN(C)C(C(=O)Nc1ccc2ccccc2c1)c1ccc(COC(=O)c2ccc(C(=O)OCC(=O)[C@@]3(O)CC[C@H]4[C@@H]5CCC6=CC(=O)C=C[C@]6(C)[C@H]5[C@@H](O)C[C@@]43C)cc2)cc1. The van der Waals surface area contributed by atoms with Gasteiger partial charge in [-0.2, -0.15) is 0 Å². The molecule has 8 rings (SSSR count). The number of Topliss-reactive ketones (excluding diaryl/α,β-unsaturated/α-hetero) is 1. The van der Waals surface area contributed by atoms with Crippen LogP contribution in [0.5, 0.6) is 0 Å². The van der Waals surface area contributed by atoms with E-state index in [-0.39, 0.29) is 60.0 Å². The molecule has 11 heteroatoms. The summed E-state index contributed by atoms with van der Waals surface area (Å²) in [6.07, 6.45) is 6.89. The second kappa shape index (κ2) is 16.3. The van der Waals surface area contributed by atoms with E-state index < -0.39 is 52.9 Å². The van der Waals surface area contributed by atoms with Crippen LogP contribution in [-0.2, 0) is 30.5 Å². The van der Waals surface area contributed by atoms with Crippen molar-refractivity contribution in [2.24, 2.45) is 28.6 Å². The maximum Gasteiger partial charge on any atom is 0.338 e. The second-order valence-electron chi connectivity index (χ2n) is 17.9. The van der Waals surface area contributed by atoms with Gasteiger partial charge in [0, 0.05) is 22.4 Å². The number of amides is 1. The number of rotatable bonds is 11. The van der Waals surface area contributed by atoms with Crippen LogP contribution >= 0.6 is 0 Å². The Labute approximate surface area is 355 Å². The van der Waals surface area contributed by atoms with Gasteiger partial charge in [0.25, 0.3) is 0 Å². The van der Waals surface area contributed by atoms with E-state index >= 15 is 0 Å². The highest BCUT2D eigenvalue weighted by Gasteiger charge is 2.68. The number of hydrogen-bond acceptors (Lipinski definition) is 10. The maximum absolute atomic E-state index is 13.8. The number of fused-ring (bicyclic) bond motifs is 6. The lowest BCUT2D eigenvalue weighted by atomic mass is 9.46. The van der Waals surface area contributed by atoms with Gasteiger partial charge in [-0.25, -0.2) is 9.59 Å². The third-order valence-corrected chi connectivity index (χ3v) is 14.2. The molecule has 1 unspecified atom stereocenters. The van der Waals surface area contributed by atoms with E-state index in [0.29, 0.717) is 12.1 Å². The Morgan fingerprint density at radius 2 is 1.54 bits per heavy atom. The average Bonchev–Trinajstić information content (AvgIpc) is 3.52. The van der Waals surface area contributed by atoms with Crippen LogP contribution in [0.15, 0.2) is 115 Å². The Kier molecular flexibility index (Phi) is 11.2. The van der Waals surface area contributed by atoms with Crippen molar-refractivity contribution in [3.05, 3.63) is 137 Å². The number of aliphatic hydroxyl groups excluding tert-OH is 1. The first-order chi connectivity index (χ1) is 29.1. The minimum atomic E-state index is -1.78. The van der Waals surface area contributed by atoms with Crippen molar-refractivity contribution in [2.75, 3.05) is 26.0 Å². The predicted molar refractivity (Wildman–Crippen MR) is 229 cm³/mol. The van der Waals surface area contributed by atoms with Gasteiger partial charge in [0.15, 0.2) is 12.4 Å². The molecule has 1 amide bonds. The molecule has 4 aliphatic rings. The molecule has 0 radical (unpaired) electrons. The number of hydrogen-bond donors (Lipinski definition) is 3. The molecule has 61 heavy (non-hydrogen) atoms. The predicted octanol–water partition coefficient (Wildman–Crippen LogP) is 7.17. The average molecular weight is 825 g/mol. The monoisotopic (exact) mass is 824 g/mol. The van der Waals surface area contributed by atoms with Crippen molar-refractivity contribution in [3.8, 4) is 0 Å². The highest BCUT2D eigenvalue weighted by molar-refractivity contribution is 6.01. The zero-order valence-electron chi connectivity index (χ0n) is 34.9. The minimum absolute atomic E-state index is 0.0164. The van der Waals surface area contributed by atoms with Crippen molar-refractivity contribution in [3.63, 3.8) is 0 Å². The fraction of sp³-hybridized carbons (Fsp3) is 0.380. The van der Waals surface area contributed by atoms with Gasteiger partial charge >= 0.3 is 11.9 Å². The van der Waals surface area contributed by atoms with Crippen LogP contribution < -0.4 is 5.32 Å². The van der Waals surface area contributed by atoms with Crippen LogP contribution in [-0.4, -0.2) is 76.9 Å². The van der Waals surface area contributed by atoms with Crippen molar-refractivity contribution in [2.45, 2.75) is 70.3 Å². The molecule has 316 valence electrons.